The number of thiophene rings is 1. The molecule has 2 heterocycles. The van der Waals surface area contributed by atoms with E-state index in [9.17, 15) is 9.59 Å². The molecule has 2 rings (SSSR count). The zero-order chi connectivity index (χ0) is 13.3. The van der Waals surface area contributed by atoms with Crippen LogP contribution in [-0.4, -0.2) is 28.8 Å². The molecule has 4 nitrogen and oxygen atoms in total. The molecule has 18 heavy (non-hydrogen) atoms. The van der Waals surface area contributed by atoms with Gasteiger partial charge in [0.1, 0.15) is 12.1 Å². The highest BCUT2D eigenvalue weighted by Gasteiger charge is 2.37. The lowest BCUT2D eigenvalue weighted by Crippen LogP contribution is -2.61. The minimum absolute atomic E-state index is 0.00836. The van der Waals surface area contributed by atoms with Gasteiger partial charge in [0.25, 0.3) is 0 Å². The van der Waals surface area contributed by atoms with Crippen LogP contribution in [0.25, 0.3) is 0 Å². The first kappa shape index (κ1) is 13.5. The molecule has 6 heteroatoms. The van der Waals surface area contributed by atoms with Crippen LogP contribution in [-0.2, 0) is 16.1 Å². The number of nitrogens with one attached hydrogen (secondary N) is 1. The van der Waals surface area contributed by atoms with Gasteiger partial charge in [0, 0.05) is 14.7 Å². The summed E-state index contributed by atoms with van der Waals surface area (Å²) in [6.07, 6.45) is 0.636. The third-order valence-corrected chi connectivity index (χ3v) is 4.71. The van der Waals surface area contributed by atoms with Crippen molar-refractivity contribution in [1.29, 1.82) is 0 Å². The number of piperazine rings is 1. The summed E-state index contributed by atoms with van der Waals surface area (Å²) < 4.78 is 1.01. The lowest BCUT2D eigenvalue weighted by atomic mass is 10.1. The van der Waals surface area contributed by atoms with Crippen LogP contribution in [0.5, 0.6) is 0 Å². The fraction of sp³-hybridized carbons (Fsp3) is 0.500. The Hall–Kier alpha value is -0.880. The highest BCUT2D eigenvalue weighted by Crippen LogP contribution is 2.24. The van der Waals surface area contributed by atoms with Crippen LogP contribution in [0, 0.1) is 0 Å². The molecule has 1 fully saturated rings. The maximum absolute atomic E-state index is 12.2. The van der Waals surface area contributed by atoms with Gasteiger partial charge in [-0.05, 0) is 35.3 Å². The fourth-order valence-corrected chi connectivity index (χ4v) is 3.56. The molecular formula is C12H15BrN2O2S. The number of hydrogen-bond acceptors (Lipinski definition) is 3. The van der Waals surface area contributed by atoms with E-state index in [2.05, 4.69) is 21.2 Å². The Morgan fingerprint density at radius 1 is 1.50 bits per heavy atom. The van der Waals surface area contributed by atoms with Crippen molar-refractivity contribution in [2.45, 2.75) is 38.9 Å². The number of rotatable bonds is 3. The Labute approximate surface area is 118 Å². The van der Waals surface area contributed by atoms with E-state index in [0.717, 1.165) is 9.35 Å². The molecule has 0 aromatic carbocycles. The van der Waals surface area contributed by atoms with Gasteiger partial charge in [-0.15, -0.1) is 11.3 Å². The average molecular weight is 331 g/mol. The molecule has 1 aliphatic heterocycles. The Morgan fingerprint density at radius 2 is 2.22 bits per heavy atom. The Balaban J connectivity index is 2.20. The monoisotopic (exact) mass is 330 g/mol. The van der Waals surface area contributed by atoms with Gasteiger partial charge in [-0.3, -0.25) is 9.59 Å². The molecule has 2 amide bonds. The van der Waals surface area contributed by atoms with Crippen LogP contribution < -0.4 is 5.32 Å². The van der Waals surface area contributed by atoms with E-state index in [0.29, 0.717) is 13.0 Å². The molecule has 1 N–H and O–H groups in total. The molecule has 2 unspecified atom stereocenters. The molecule has 0 aliphatic carbocycles. The van der Waals surface area contributed by atoms with E-state index in [-0.39, 0.29) is 17.9 Å². The van der Waals surface area contributed by atoms with Crippen LogP contribution in [0.3, 0.4) is 0 Å². The van der Waals surface area contributed by atoms with Gasteiger partial charge >= 0.3 is 0 Å². The van der Waals surface area contributed by atoms with Crippen LogP contribution in [0.15, 0.2) is 15.9 Å². The first-order valence-corrected chi connectivity index (χ1v) is 7.54. The maximum Gasteiger partial charge on any atom is 0.245 e. The topological polar surface area (TPSA) is 49.4 Å². The van der Waals surface area contributed by atoms with E-state index in [4.69, 9.17) is 0 Å². The summed E-state index contributed by atoms with van der Waals surface area (Å²) in [4.78, 5) is 26.8. The first-order valence-electron chi connectivity index (χ1n) is 5.86. The van der Waals surface area contributed by atoms with Gasteiger partial charge in [0.2, 0.25) is 11.8 Å². The number of halogens is 1. The highest BCUT2D eigenvalue weighted by molar-refractivity contribution is 9.10. The predicted octanol–water partition coefficient (Wildman–Crippen LogP) is 2.14. The maximum atomic E-state index is 12.2. The molecule has 1 saturated heterocycles. The largest absolute Gasteiger partial charge is 0.343 e. The van der Waals surface area contributed by atoms with Crippen LogP contribution in [0.2, 0.25) is 0 Å². The van der Waals surface area contributed by atoms with Gasteiger partial charge in [0.15, 0.2) is 0 Å². The van der Waals surface area contributed by atoms with E-state index in [1.807, 2.05) is 18.4 Å². The van der Waals surface area contributed by atoms with Gasteiger partial charge in [0.05, 0.1) is 6.54 Å². The zero-order valence-corrected chi connectivity index (χ0v) is 12.7. The van der Waals surface area contributed by atoms with Crippen molar-refractivity contribution in [2.24, 2.45) is 0 Å². The quantitative estimate of drug-likeness (QED) is 0.923. The van der Waals surface area contributed by atoms with Crippen molar-refractivity contribution >= 4 is 39.1 Å². The van der Waals surface area contributed by atoms with Crippen LogP contribution in [0.4, 0.5) is 0 Å². The number of carbonyl (C=O) groups is 2. The molecule has 0 radical (unpaired) electrons. The van der Waals surface area contributed by atoms with Crippen LogP contribution >= 0.6 is 27.3 Å². The molecule has 98 valence electrons. The summed E-state index contributed by atoms with van der Waals surface area (Å²) in [7, 11) is 0. The summed E-state index contributed by atoms with van der Waals surface area (Å²) in [6.45, 7) is 4.15. The second-order valence-corrected chi connectivity index (χ2v) is 6.26. The lowest BCUT2D eigenvalue weighted by Gasteiger charge is -2.37. The van der Waals surface area contributed by atoms with E-state index in [1.54, 1.807) is 23.2 Å². The fourth-order valence-electron chi connectivity index (χ4n) is 2.11. The first-order chi connectivity index (χ1) is 8.52. The van der Waals surface area contributed by atoms with E-state index < -0.39 is 6.04 Å². The van der Waals surface area contributed by atoms with Crippen molar-refractivity contribution in [3.05, 3.63) is 20.8 Å². The van der Waals surface area contributed by atoms with Crippen LogP contribution in [0.1, 0.15) is 25.1 Å². The summed E-state index contributed by atoms with van der Waals surface area (Å²) in [5.41, 5.74) is 0. The molecular weight excluding hydrogens is 316 g/mol. The third-order valence-electron chi connectivity index (χ3n) is 3.03. The predicted molar refractivity (Wildman–Crippen MR) is 74.3 cm³/mol. The van der Waals surface area contributed by atoms with Crippen molar-refractivity contribution in [3.8, 4) is 0 Å². The van der Waals surface area contributed by atoms with Crippen molar-refractivity contribution in [2.75, 3.05) is 0 Å². The number of hydrogen-bond donors (Lipinski definition) is 1. The Kier molecular flexibility index (Phi) is 4.07. The lowest BCUT2D eigenvalue weighted by molar-refractivity contribution is -0.149. The minimum atomic E-state index is -0.427. The average Bonchev–Trinajstić information content (AvgIpc) is 2.72. The smallest absolute Gasteiger partial charge is 0.245 e. The van der Waals surface area contributed by atoms with Gasteiger partial charge in [-0.1, -0.05) is 6.92 Å². The second kappa shape index (κ2) is 5.40. The summed E-state index contributed by atoms with van der Waals surface area (Å²) in [5.74, 6) is -0.0637. The molecule has 0 spiro atoms. The SMILES string of the molecule is CCC1C(=O)NC(C)C(=O)N1Cc1cc(Br)cs1. The third kappa shape index (κ3) is 2.59. The number of nitrogens with zero attached hydrogens (tertiary/aromatic N) is 1. The number of amides is 2. The van der Waals surface area contributed by atoms with E-state index in [1.165, 1.54) is 0 Å². The highest BCUT2D eigenvalue weighted by atomic mass is 79.9. The standard InChI is InChI=1S/C12H15BrN2O2S/c1-3-10-11(16)14-7(2)12(17)15(10)5-9-4-8(13)6-18-9/h4,6-7,10H,3,5H2,1-2H3,(H,14,16). The van der Waals surface area contributed by atoms with Crippen molar-refractivity contribution in [3.63, 3.8) is 0 Å². The van der Waals surface area contributed by atoms with Gasteiger partial charge in [-0.2, -0.15) is 0 Å². The summed E-state index contributed by atoms with van der Waals surface area (Å²) in [6, 6.07) is 1.21. The second-order valence-electron chi connectivity index (χ2n) is 4.35. The van der Waals surface area contributed by atoms with Crippen molar-refractivity contribution < 1.29 is 9.59 Å². The minimum Gasteiger partial charge on any atom is -0.343 e. The summed E-state index contributed by atoms with van der Waals surface area (Å²) >= 11 is 4.98. The zero-order valence-electron chi connectivity index (χ0n) is 10.3. The van der Waals surface area contributed by atoms with Crippen molar-refractivity contribution in [1.82, 2.24) is 10.2 Å². The molecule has 2 atom stereocenters. The van der Waals surface area contributed by atoms with Gasteiger partial charge < -0.3 is 10.2 Å². The number of carbonyl (C=O) groups excluding carboxylic acids is 2. The normalized spacial score (nSPS) is 24.3. The molecule has 1 aromatic heterocycles. The van der Waals surface area contributed by atoms with Gasteiger partial charge in [-0.25, -0.2) is 0 Å². The summed E-state index contributed by atoms with van der Waals surface area (Å²) in [5, 5.41) is 4.70. The molecule has 1 aromatic rings. The molecule has 0 saturated carbocycles. The molecule has 1 aliphatic rings. The Morgan fingerprint density at radius 3 is 2.78 bits per heavy atom. The van der Waals surface area contributed by atoms with E-state index >= 15 is 0 Å². The molecule has 0 bridgehead atoms. The Bertz CT molecular complexity index is 474.